The monoisotopic (exact) mass is 323 g/mol. The van der Waals surface area contributed by atoms with E-state index in [1.54, 1.807) is 16.2 Å². The maximum atomic E-state index is 12.4. The number of carbonyl (C=O) groups excluding carboxylic acids is 2. The van der Waals surface area contributed by atoms with E-state index in [-0.39, 0.29) is 17.9 Å². The molecule has 5 nitrogen and oxygen atoms in total. The molecular weight excluding hydrogens is 298 g/mol. The zero-order valence-corrected chi connectivity index (χ0v) is 14.2. The first kappa shape index (κ1) is 16.9. The van der Waals surface area contributed by atoms with Gasteiger partial charge in [-0.05, 0) is 32.6 Å². The lowest BCUT2D eigenvalue weighted by Gasteiger charge is -2.34. The fraction of sp³-hybridized carbons (Fsp3) is 0.688. The number of nitrogens with zero attached hydrogens (tertiary/aromatic N) is 2. The second-order valence-electron chi connectivity index (χ2n) is 5.75. The van der Waals surface area contributed by atoms with Crippen LogP contribution in [0.2, 0.25) is 0 Å². The molecule has 0 radical (unpaired) electrons. The number of carbonyl (C=O) groups is 2. The second-order valence-corrected chi connectivity index (χ2v) is 6.81. The Morgan fingerprint density at radius 2 is 2.27 bits per heavy atom. The quantitative estimate of drug-likeness (QED) is 0.874. The summed E-state index contributed by atoms with van der Waals surface area (Å²) in [7, 11) is 0. The van der Waals surface area contributed by atoms with Gasteiger partial charge < -0.3 is 10.2 Å². The first-order valence-corrected chi connectivity index (χ1v) is 8.98. The summed E-state index contributed by atoms with van der Waals surface area (Å²) in [5, 5.41) is 6.04. The van der Waals surface area contributed by atoms with Crippen molar-refractivity contribution in [3.05, 3.63) is 16.1 Å². The van der Waals surface area contributed by atoms with Crippen molar-refractivity contribution in [3.63, 3.8) is 0 Å². The minimum atomic E-state index is -0.287. The van der Waals surface area contributed by atoms with Gasteiger partial charge >= 0.3 is 0 Å². The molecule has 1 saturated heterocycles. The number of rotatable bonds is 6. The van der Waals surface area contributed by atoms with Gasteiger partial charge in [0.15, 0.2) is 0 Å². The Morgan fingerprint density at radius 3 is 2.95 bits per heavy atom. The van der Waals surface area contributed by atoms with Gasteiger partial charge in [0.05, 0.1) is 10.7 Å². The molecule has 1 aliphatic rings. The molecule has 0 spiro atoms. The van der Waals surface area contributed by atoms with E-state index in [1.165, 1.54) is 0 Å². The minimum Gasteiger partial charge on any atom is -0.354 e. The Bertz CT molecular complexity index is 515. The minimum absolute atomic E-state index is 0.0175. The number of thiazole rings is 1. The highest BCUT2D eigenvalue weighted by molar-refractivity contribution is 7.09. The maximum absolute atomic E-state index is 12.4. The summed E-state index contributed by atoms with van der Waals surface area (Å²) in [5.74, 6) is 0.0913. The van der Waals surface area contributed by atoms with Crippen LogP contribution in [0.1, 0.15) is 49.7 Å². The van der Waals surface area contributed by atoms with Crippen molar-refractivity contribution in [1.29, 1.82) is 0 Å². The van der Waals surface area contributed by atoms with Crippen LogP contribution in [-0.4, -0.2) is 40.8 Å². The second kappa shape index (κ2) is 8.27. The van der Waals surface area contributed by atoms with Crippen LogP contribution < -0.4 is 5.32 Å². The zero-order valence-electron chi connectivity index (χ0n) is 13.4. The van der Waals surface area contributed by atoms with Crippen LogP contribution >= 0.6 is 11.3 Å². The van der Waals surface area contributed by atoms with Gasteiger partial charge in [-0.15, -0.1) is 11.3 Å². The SMILES string of the molecule is CCCC(=O)N1CCCC[C@H]1C(=O)NCCc1csc(C)n1. The molecule has 6 heteroatoms. The Labute approximate surface area is 136 Å². The first-order chi connectivity index (χ1) is 10.6. The van der Waals surface area contributed by atoms with Gasteiger partial charge in [0.2, 0.25) is 11.8 Å². The maximum Gasteiger partial charge on any atom is 0.242 e. The summed E-state index contributed by atoms with van der Waals surface area (Å²) in [4.78, 5) is 30.7. The molecule has 0 unspecified atom stereocenters. The van der Waals surface area contributed by atoms with Gasteiger partial charge in [-0.1, -0.05) is 6.92 Å². The van der Waals surface area contributed by atoms with Crippen LogP contribution in [-0.2, 0) is 16.0 Å². The van der Waals surface area contributed by atoms with Crippen molar-refractivity contribution in [2.75, 3.05) is 13.1 Å². The number of aromatic nitrogens is 1. The molecule has 2 rings (SSSR count). The fourth-order valence-corrected chi connectivity index (χ4v) is 3.46. The van der Waals surface area contributed by atoms with Crippen molar-refractivity contribution in [2.45, 2.75) is 58.4 Å². The Morgan fingerprint density at radius 1 is 1.45 bits per heavy atom. The normalized spacial score (nSPS) is 18.3. The number of nitrogens with one attached hydrogen (secondary N) is 1. The molecular formula is C16H25N3O2S. The smallest absolute Gasteiger partial charge is 0.242 e. The van der Waals surface area contributed by atoms with Gasteiger partial charge in [0, 0.05) is 31.3 Å². The Kier molecular flexibility index (Phi) is 6.36. The van der Waals surface area contributed by atoms with Crippen molar-refractivity contribution >= 4 is 23.2 Å². The lowest BCUT2D eigenvalue weighted by Crippen LogP contribution is -2.52. The molecule has 0 aromatic carbocycles. The van der Waals surface area contributed by atoms with Crippen LogP contribution in [0.4, 0.5) is 0 Å². The number of hydrogen-bond donors (Lipinski definition) is 1. The average Bonchev–Trinajstić information content (AvgIpc) is 2.93. The molecule has 1 atom stereocenters. The largest absolute Gasteiger partial charge is 0.354 e. The van der Waals surface area contributed by atoms with E-state index in [4.69, 9.17) is 0 Å². The van der Waals surface area contributed by atoms with Crippen molar-refractivity contribution in [1.82, 2.24) is 15.2 Å². The highest BCUT2D eigenvalue weighted by Gasteiger charge is 2.31. The number of hydrogen-bond acceptors (Lipinski definition) is 4. The van der Waals surface area contributed by atoms with Crippen LogP contribution in [0, 0.1) is 6.92 Å². The number of piperidine rings is 1. The summed E-state index contributed by atoms with van der Waals surface area (Å²) in [6.07, 6.45) is 4.88. The van der Waals surface area contributed by atoms with Crippen molar-refractivity contribution < 1.29 is 9.59 Å². The third-order valence-electron chi connectivity index (χ3n) is 3.94. The third-order valence-corrected chi connectivity index (χ3v) is 4.76. The lowest BCUT2D eigenvalue weighted by atomic mass is 10.0. The van der Waals surface area contributed by atoms with Crippen molar-refractivity contribution in [2.24, 2.45) is 0 Å². The number of aryl methyl sites for hydroxylation is 1. The standard InChI is InChI=1S/C16H25N3O2S/c1-3-6-15(20)19-10-5-4-7-14(19)16(21)17-9-8-13-11-22-12(2)18-13/h11,14H,3-10H2,1-2H3,(H,17,21)/t14-/m0/s1. The predicted molar refractivity (Wildman–Crippen MR) is 87.8 cm³/mol. The van der Waals surface area contributed by atoms with E-state index in [9.17, 15) is 9.59 Å². The third kappa shape index (κ3) is 4.53. The summed E-state index contributed by atoms with van der Waals surface area (Å²) < 4.78 is 0. The topological polar surface area (TPSA) is 62.3 Å². The van der Waals surface area contributed by atoms with E-state index < -0.39 is 0 Å². The first-order valence-electron chi connectivity index (χ1n) is 8.10. The number of amides is 2. The average molecular weight is 323 g/mol. The van der Waals surface area contributed by atoms with Gasteiger partial charge in [0.25, 0.3) is 0 Å². The molecule has 1 N–H and O–H groups in total. The van der Waals surface area contributed by atoms with E-state index in [1.807, 2.05) is 19.2 Å². The highest BCUT2D eigenvalue weighted by atomic mass is 32.1. The number of likely N-dealkylation sites (tertiary alicyclic amines) is 1. The Balaban J connectivity index is 1.84. The van der Waals surface area contributed by atoms with Gasteiger partial charge in [-0.2, -0.15) is 0 Å². The van der Waals surface area contributed by atoms with Crippen LogP contribution in [0.15, 0.2) is 5.38 Å². The molecule has 2 heterocycles. The summed E-state index contributed by atoms with van der Waals surface area (Å²) in [6.45, 7) is 5.26. The molecule has 1 aliphatic heterocycles. The van der Waals surface area contributed by atoms with E-state index in [0.29, 0.717) is 19.5 Å². The Hall–Kier alpha value is -1.43. The predicted octanol–water partition coefficient (Wildman–Crippen LogP) is 2.29. The van der Waals surface area contributed by atoms with Crippen molar-refractivity contribution in [3.8, 4) is 0 Å². The summed E-state index contributed by atoms with van der Waals surface area (Å²) >= 11 is 1.62. The van der Waals surface area contributed by atoms with E-state index >= 15 is 0 Å². The zero-order chi connectivity index (χ0) is 15.9. The molecule has 0 bridgehead atoms. The highest BCUT2D eigenvalue weighted by Crippen LogP contribution is 2.18. The van der Waals surface area contributed by atoms with Gasteiger partial charge in [-0.3, -0.25) is 9.59 Å². The van der Waals surface area contributed by atoms with E-state index in [0.717, 1.165) is 42.8 Å². The molecule has 0 aliphatic carbocycles. The van der Waals surface area contributed by atoms with Crippen LogP contribution in [0.25, 0.3) is 0 Å². The summed E-state index contributed by atoms with van der Waals surface area (Å²) in [5.41, 5.74) is 1.02. The molecule has 1 aromatic rings. The molecule has 2 amide bonds. The van der Waals surface area contributed by atoms with Gasteiger partial charge in [-0.25, -0.2) is 4.98 Å². The van der Waals surface area contributed by atoms with Gasteiger partial charge in [0.1, 0.15) is 6.04 Å². The molecule has 0 saturated carbocycles. The molecule has 1 aromatic heterocycles. The van der Waals surface area contributed by atoms with Crippen LogP contribution in [0.5, 0.6) is 0 Å². The summed E-state index contributed by atoms with van der Waals surface area (Å²) in [6, 6.07) is -0.287. The lowest BCUT2D eigenvalue weighted by molar-refractivity contribution is -0.142. The molecule has 1 fully saturated rings. The van der Waals surface area contributed by atoms with E-state index in [2.05, 4.69) is 10.3 Å². The fourth-order valence-electron chi connectivity index (χ4n) is 2.81. The van der Waals surface area contributed by atoms with Crippen LogP contribution in [0.3, 0.4) is 0 Å². The molecule has 122 valence electrons. The molecule has 22 heavy (non-hydrogen) atoms.